The molecule has 0 saturated heterocycles. The summed E-state index contributed by atoms with van der Waals surface area (Å²) >= 11 is 4.42. The lowest BCUT2D eigenvalue weighted by Gasteiger charge is -1.95. The first-order chi connectivity index (χ1) is 6.81. The Bertz CT molecular complexity index is 582. The van der Waals surface area contributed by atoms with Crippen molar-refractivity contribution in [2.45, 2.75) is 0 Å². The van der Waals surface area contributed by atoms with Crippen LogP contribution in [0.4, 0.5) is 5.69 Å². The van der Waals surface area contributed by atoms with Crippen molar-refractivity contribution in [1.29, 1.82) is 0 Å². The van der Waals surface area contributed by atoms with Gasteiger partial charge in [0.05, 0.1) is 5.16 Å². The molecule has 68 valence electrons. The van der Waals surface area contributed by atoms with Crippen molar-refractivity contribution in [3.8, 4) is 0 Å². The van der Waals surface area contributed by atoms with Crippen LogP contribution in [0, 0.1) is 0 Å². The van der Waals surface area contributed by atoms with Gasteiger partial charge in [-0.05, 0) is 24.4 Å². The molecule has 3 nitrogen and oxygen atoms in total. The summed E-state index contributed by atoms with van der Waals surface area (Å²) in [6.45, 7) is 0. The molecular weight excluding hydrogens is 198 g/mol. The molecule has 2 aromatic rings. The third-order valence-electron chi connectivity index (χ3n) is 1.79. The summed E-state index contributed by atoms with van der Waals surface area (Å²) in [5.74, 6) is 0. The van der Waals surface area contributed by atoms with E-state index in [2.05, 4.69) is 22.4 Å². The molecule has 0 aliphatic heterocycles. The maximum absolute atomic E-state index is 11.3. The van der Waals surface area contributed by atoms with Gasteiger partial charge in [0.2, 0.25) is 0 Å². The van der Waals surface area contributed by atoms with Crippen molar-refractivity contribution in [1.82, 2.24) is 0 Å². The first-order valence-corrected chi connectivity index (χ1v) is 4.33. The van der Waals surface area contributed by atoms with Crippen LogP contribution in [0.2, 0.25) is 0 Å². The van der Waals surface area contributed by atoms with E-state index in [4.69, 9.17) is 4.42 Å². The van der Waals surface area contributed by atoms with Crippen LogP contribution in [0.5, 0.6) is 0 Å². The molecule has 0 aliphatic rings. The lowest BCUT2D eigenvalue weighted by atomic mass is 10.2. The fourth-order valence-corrected chi connectivity index (χ4v) is 1.28. The fourth-order valence-electron chi connectivity index (χ4n) is 1.18. The van der Waals surface area contributed by atoms with Gasteiger partial charge in [0.25, 0.3) is 0 Å². The number of hydrogen-bond acceptors (Lipinski definition) is 4. The highest BCUT2D eigenvalue weighted by atomic mass is 32.1. The summed E-state index contributed by atoms with van der Waals surface area (Å²) in [6.07, 6.45) is 0. The van der Waals surface area contributed by atoms with E-state index in [1.54, 1.807) is 18.2 Å². The van der Waals surface area contributed by atoms with E-state index in [1.807, 2.05) is 12.1 Å². The molecule has 0 N–H and O–H groups in total. The summed E-state index contributed by atoms with van der Waals surface area (Å²) in [4.78, 5) is 14.9. The first-order valence-electron chi connectivity index (χ1n) is 3.92. The number of aliphatic imine (C=N–C) groups is 1. The van der Waals surface area contributed by atoms with E-state index < -0.39 is 5.63 Å². The van der Waals surface area contributed by atoms with Crippen molar-refractivity contribution in [2.24, 2.45) is 4.99 Å². The first kappa shape index (κ1) is 8.81. The zero-order valence-corrected chi connectivity index (χ0v) is 7.88. The average molecular weight is 203 g/mol. The van der Waals surface area contributed by atoms with Crippen LogP contribution in [0.1, 0.15) is 0 Å². The number of thiocarbonyl (C=S) groups is 1. The molecule has 0 aliphatic carbocycles. The van der Waals surface area contributed by atoms with Gasteiger partial charge >= 0.3 is 5.63 Å². The SMILES string of the molecule is O=c1oc2ccccc2cc1N=C=S. The van der Waals surface area contributed by atoms with Gasteiger partial charge in [0, 0.05) is 5.39 Å². The largest absolute Gasteiger partial charge is 0.421 e. The molecule has 0 atom stereocenters. The Morgan fingerprint density at radius 3 is 2.93 bits per heavy atom. The molecule has 2 rings (SSSR count). The van der Waals surface area contributed by atoms with Crippen LogP contribution in [0.15, 0.2) is 44.5 Å². The van der Waals surface area contributed by atoms with Crippen molar-refractivity contribution < 1.29 is 4.42 Å². The number of isothiocyanates is 1. The molecule has 0 fully saturated rings. The summed E-state index contributed by atoms with van der Waals surface area (Å²) < 4.78 is 5.01. The maximum Gasteiger partial charge on any atom is 0.363 e. The van der Waals surface area contributed by atoms with E-state index in [-0.39, 0.29) is 5.69 Å². The van der Waals surface area contributed by atoms with Crippen LogP contribution in [0.25, 0.3) is 11.0 Å². The number of hydrogen-bond donors (Lipinski definition) is 0. The van der Waals surface area contributed by atoms with Gasteiger partial charge in [-0.15, -0.1) is 0 Å². The highest BCUT2D eigenvalue weighted by Crippen LogP contribution is 2.16. The smallest absolute Gasteiger partial charge is 0.363 e. The van der Waals surface area contributed by atoms with E-state index in [1.165, 1.54) is 0 Å². The van der Waals surface area contributed by atoms with Gasteiger partial charge in [-0.2, -0.15) is 4.99 Å². The number of benzene rings is 1. The van der Waals surface area contributed by atoms with Gasteiger partial charge in [-0.25, -0.2) is 4.79 Å². The Morgan fingerprint density at radius 1 is 1.36 bits per heavy atom. The third-order valence-corrected chi connectivity index (χ3v) is 1.88. The van der Waals surface area contributed by atoms with Crippen LogP contribution in [0.3, 0.4) is 0 Å². The minimum absolute atomic E-state index is 0.179. The zero-order chi connectivity index (χ0) is 9.97. The van der Waals surface area contributed by atoms with Crippen molar-refractivity contribution in [2.75, 3.05) is 0 Å². The van der Waals surface area contributed by atoms with Crippen molar-refractivity contribution in [3.63, 3.8) is 0 Å². The molecular formula is C10H5NO2S. The summed E-state index contributed by atoms with van der Waals surface area (Å²) in [5, 5.41) is 2.95. The van der Waals surface area contributed by atoms with E-state index in [9.17, 15) is 4.79 Å². The highest BCUT2D eigenvalue weighted by molar-refractivity contribution is 7.78. The predicted octanol–water partition coefficient (Wildman–Crippen LogP) is 2.53. The van der Waals surface area contributed by atoms with Crippen LogP contribution >= 0.6 is 12.2 Å². The molecule has 1 aromatic carbocycles. The molecule has 0 radical (unpaired) electrons. The zero-order valence-electron chi connectivity index (χ0n) is 7.06. The predicted molar refractivity (Wildman–Crippen MR) is 57.2 cm³/mol. The van der Waals surface area contributed by atoms with Crippen molar-refractivity contribution >= 4 is 34.0 Å². The minimum atomic E-state index is -0.499. The second-order valence-electron chi connectivity index (χ2n) is 2.66. The lowest BCUT2D eigenvalue weighted by molar-refractivity contribution is 0.563. The number of fused-ring (bicyclic) bond motifs is 1. The van der Waals surface area contributed by atoms with Crippen LogP contribution in [-0.2, 0) is 0 Å². The molecule has 0 spiro atoms. The van der Waals surface area contributed by atoms with Crippen molar-refractivity contribution in [3.05, 3.63) is 40.8 Å². The monoisotopic (exact) mass is 203 g/mol. The number of rotatable bonds is 1. The molecule has 14 heavy (non-hydrogen) atoms. The quantitative estimate of drug-likeness (QED) is 0.406. The lowest BCUT2D eigenvalue weighted by Crippen LogP contribution is -1.96. The molecule has 0 saturated carbocycles. The third kappa shape index (κ3) is 1.48. The molecule has 4 heteroatoms. The van der Waals surface area contributed by atoms with E-state index in [0.29, 0.717) is 5.58 Å². The standard InChI is InChI=1S/C10H5NO2S/c12-10-8(11-6-14)5-7-3-1-2-4-9(7)13-10/h1-5H. The Morgan fingerprint density at radius 2 is 2.14 bits per heavy atom. The molecule has 0 bridgehead atoms. The summed E-state index contributed by atoms with van der Waals surface area (Å²) in [5.41, 5.74) is 0.223. The van der Waals surface area contributed by atoms with Crippen LogP contribution in [-0.4, -0.2) is 5.16 Å². The highest BCUT2D eigenvalue weighted by Gasteiger charge is 2.01. The van der Waals surface area contributed by atoms with Gasteiger partial charge < -0.3 is 4.42 Å². The topological polar surface area (TPSA) is 42.6 Å². The van der Waals surface area contributed by atoms with Gasteiger partial charge in [0.15, 0.2) is 5.69 Å². The van der Waals surface area contributed by atoms with E-state index in [0.717, 1.165) is 5.39 Å². The molecule has 0 unspecified atom stereocenters. The maximum atomic E-state index is 11.3. The Kier molecular flexibility index (Phi) is 2.23. The summed E-state index contributed by atoms with van der Waals surface area (Å²) in [7, 11) is 0. The molecule has 1 heterocycles. The Balaban J connectivity index is 2.83. The minimum Gasteiger partial charge on any atom is -0.421 e. The van der Waals surface area contributed by atoms with Gasteiger partial charge in [-0.3, -0.25) is 0 Å². The van der Waals surface area contributed by atoms with Gasteiger partial charge in [0.1, 0.15) is 5.58 Å². The van der Waals surface area contributed by atoms with E-state index >= 15 is 0 Å². The van der Waals surface area contributed by atoms with Crippen LogP contribution < -0.4 is 5.63 Å². The molecule has 1 aromatic heterocycles. The molecule has 0 amide bonds. The number of nitrogens with zero attached hydrogens (tertiary/aromatic N) is 1. The Hall–Kier alpha value is -1.77. The Labute approximate surface area is 84.7 Å². The number of para-hydroxylation sites is 1. The summed E-state index contributed by atoms with van der Waals surface area (Å²) in [6, 6.07) is 8.84. The normalized spacial score (nSPS) is 9.71. The second kappa shape index (κ2) is 3.54. The average Bonchev–Trinajstić information content (AvgIpc) is 2.19. The second-order valence-corrected chi connectivity index (χ2v) is 2.84. The fraction of sp³-hybridized carbons (Fsp3) is 0. The van der Waals surface area contributed by atoms with Gasteiger partial charge in [-0.1, -0.05) is 18.2 Å².